The smallest absolute Gasteiger partial charge is 0.267 e. The lowest BCUT2D eigenvalue weighted by atomic mass is 10.2. The number of nitrogens with zero attached hydrogens (tertiary/aromatic N) is 5. The molecule has 10 heteroatoms. The van der Waals surface area contributed by atoms with E-state index in [2.05, 4.69) is 10.3 Å². The highest BCUT2D eigenvalue weighted by atomic mass is 32.2. The van der Waals surface area contributed by atoms with E-state index < -0.39 is 0 Å². The lowest BCUT2D eigenvalue weighted by molar-refractivity contribution is -0.123. The molecule has 0 spiro atoms. The number of aromatic nitrogens is 4. The van der Waals surface area contributed by atoms with Gasteiger partial charge in [-0.2, -0.15) is 0 Å². The molecule has 3 aromatic heterocycles. The summed E-state index contributed by atoms with van der Waals surface area (Å²) in [5, 5.41) is 3.31. The number of hydrogen-bond acceptors (Lipinski definition) is 7. The van der Waals surface area contributed by atoms with Crippen LogP contribution in [0.3, 0.4) is 0 Å². The molecule has 33 heavy (non-hydrogen) atoms. The maximum Gasteiger partial charge on any atom is 0.267 e. The zero-order valence-electron chi connectivity index (χ0n) is 18.8. The Labute approximate surface area is 201 Å². The van der Waals surface area contributed by atoms with Crippen LogP contribution in [0.15, 0.2) is 46.8 Å². The average molecular weight is 483 g/mol. The van der Waals surface area contributed by atoms with Gasteiger partial charge in [0.1, 0.15) is 15.8 Å². The third-order valence-corrected chi connectivity index (χ3v) is 6.99. The van der Waals surface area contributed by atoms with Gasteiger partial charge in [0.05, 0.1) is 16.8 Å². The number of carbonyl (C=O) groups excluding carboxylic acids is 1. The Kier molecular flexibility index (Phi) is 6.94. The normalized spacial score (nSPS) is 16.2. The van der Waals surface area contributed by atoms with Gasteiger partial charge in [-0.15, -0.1) is 0 Å². The summed E-state index contributed by atoms with van der Waals surface area (Å²) in [4.78, 5) is 37.3. The highest BCUT2D eigenvalue weighted by Gasteiger charge is 2.35. The molecule has 0 bridgehead atoms. The second kappa shape index (κ2) is 9.88. The van der Waals surface area contributed by atoms with Crippen molar-refractivity contribution in [2.75, 3.05) is 11.9 Å². The van der Waals surface area contributed by atoms with Crippen molar-refractivity contribution in [3.63, 3.8) is 0 Å². The molecule has 8 nitrogen and oxygen atoms in total. The van der Waals surface area contributed by atoms with E-state index in [9.17, 15) is 9.59 Å². The summed E-state index contributed by atoms with van der Waals surface area (Å²) < 4.78 is 4.03. The summed E-state index contributed by atoms with van der Waals surface area (Å²) in [5.41, 5.74) is 1.61. The molecule has 1 N–H and O–H groups in total. The van der Waals surface area contributed by atoms with E-state index in [-0.39, 0.29) is 17.5 Å². The van der Waals surface area contributed by atoms with Crippen molar-refractivity contribution in [1.82, 2.24) is 23.8 Å². The average Bonchev–Trinajstić information content (AvgIpc) is 3.41. The maximum absolute atomic E-state index is 13.4. The van der Waals surface area contributed by atoms with Crippen LogP contribution in [0.1, 0.15) is 37.8 Å². The molecule has 172 valence electrons. The molecule has 0 aliphatic carbocycles. The summed E-state index contributed by atoms with van der Waals surface area (Å²) >= 11 is 6.67. The molecule has 4 rings (SSSR count). The molecule has 3 aromatic rings. The van der Waals surface area contributed by atoms with Crippen LogP contribution >= 0.6 is 24.0 Å². The molecule has 1 saturated heterocycles. The van der Waals surface area contributed by atoms with Crippen molar-refractivity contribution >= 4 is 51.7 Å². The minimum absolute atomic E-state index is 0.00245. The highest BCUT2D eigenvalue weighted by molar-refractivity contribution is 8.26. The summed E-state index contributed by atoms with van der Waals surface area (Å²) in [6, 6.07) is 3.74. The Morgan fingerprint density at radius 2 is 2.12 bits per heavy atom. The largest absolute Gasteiger partial charge is 0.369 e. The Bertz CT molecular complexity index is 1280. The van der Waals surface area contributed by atoms with Crippen molar-refractivity contribution < 1.29 is 4.79 Å². The predicted molar refractivity (Wildman–Crippen MR) is 136 cm³/mol. The molecule has 1 aliphatic rings. The van der Waals surface area contributed by atoms with Crippen LogP contribution in [-0.4, -0.2) is 46.6 Å². The SMILES string of the molecule is CC[C@H](C)N1C(=O)/C(=C\c2c(NCCCn3ccnc3)nc3c(C)cccn3c2=O)SC1=S. The van der Waals surface area contributed by atoms with E-state index in [1.54, 1.807) is 29.7 Å². The van der Waals surface area contributed by atoms with Crippen LogP contribution in [0.2, 0.25) is 0 Å². The minimum Gasteiger partial charge on any atom is -0.369 e. The first-order chi connectivity index (χ1) is 15.9. The topological polar surface area (TPSA) is 84.5 Å². The zero-order chi connectivity index (χ0) is 23.5. The summed E-state index contributed by atoms with van der Waals surface area (Å²) in [6.45, 7) is 7.31. The van der Waals surface area contributed by atoms with Crippen molar-refractivity contribution in [3.05, 3.63) is 63.4 Å². The van der Waals surface area contributed by atoms with Gasteiger partial charge in [0.25, 0.3) is 11.5 Å². The fourth-order valence-corrected chi connectivity index (χ4v) is 5.08. The van der Waals surface area contributed by atoms with Crippen molar-refractivity contribution in [3.8, 4) is 0 Å². The van der Waals surface area contributed by atoms with Crippen molar-refractivity contribution in [2.24, 2.45) is 0 Å². The van der Waals surface area contributed by atoms with Gasteiger partial charge in [-0.1, -0.05) is 37.0 Å². The van der Waals surface area contributed by atoms with Gasteiger partial charge in [-0.25, -0.2) is 9.97 Å². The molecule has 0 saturated carbocycles. The number of aryl methyl sites for hydroxylation is 2. The Morgan fingerprint density at radius 3 is 2.85 bits per heavy atom. The number of imidazole rings is 1. The van der Waals surface area contributed by atoms with Gasteiger partial charge in [-0.05, 0) is 44.4 Å². The van der Waals surface area contributed by atoms with Crippen LogP contribution in [0, 0.1) is 6.92 Å². The number of carbonyl (C=O) groups is 1. The maximum atomic E-state index is 13.4. The van der Waals surface area contributed by atoms with Gasteiger partial charge in [0.15, 0.2) is 0 Å². The first-order valence-electron chi connectivity index (χ1n) is 10.9. The van der Waals surface area contributed by atoms with Gasteiger partial charge in [0.2, 0.25) is 0 Å². The number of pyridine rings is 1. The van der Waals surface area contributed by atoms with E-state index in [4.69, 9.17) is 17.2 Å². The lowest BCUT2D eigenvalue weighted by Gasteiger charge is -2.21. The number of nitrogens with one attached hydrogen (secondary N) is 1. The second-order valence-electron chi connectivity index (χ2n) is 7.95. The predicted octanol–water partition coefficient (Wildman–Crippen LogP) is 3.70. The van der Waals surface area contributed by atoms with E-state index >= 15 is 0 Å². The Hall–Kier alpha value is -2.98. The Balaban J connectivity index is 1.69. The fourth-order valence-electron chi connectivity index (χ4n) is 3.64. The fraction of sp³-hybridized carbons (Fsp3) is 0.348. The number of thioether (sulfide) groups is 1. The van der Waals surface area contributed by atoms with Crippen LogP contribution in [0.25, 0.3) is 11.7 Å². The molecule has 0 unspecified atom stereocenters. The third kappa shape index (κ3) is 4.72. The molecule has 4 heterocycles. The van der Waals surface area contributed by atoms with E-state index in [1.807, 2.05) is 43.7 Å². The standard InChI is InChI=1S/C23H26N6O2S2/c1-4-16(3)29-22(31)18(33-23(29)32)13-17-19(25-8-6-10-27-12-9-24-14-27)26-20-15(2)7-5-11-28(20)21(17)30/h5,7,9,11-14,16,25H,4,6,8,10H2,1-3H3/b18-13+/t16-/m0/s1. The Morgan fingerprint density at radius 1 is 1.30 bits per heavy atom. The molecular weight excluding hydrogens is 456 g/mol. The number of anilines is 1. The summed E-state index contributed by atoms with van der Waals surface area (Å²) in [7, 11) is 0. The molecular formula is C23H26N6O2S2. The van der Waals surface area contributed by atoms with E-state index in [1.165, 1.54) is 16.2 Å². The minimum atomic E-state index is -0.227. The number of amides is 1. The van der Waals surface area contributed by atoms with E-state index in [0.29, 0.717) is 32.8 Å². The number of thiocarbonyl (C=S) groups is 1. The van der Waals surface area contributed by atoms with Crippen molar-refractivity contribution in [2.45, 2.75) is 46.2 Å². The van der Waals surface area contributed by atoms with Crippen LogP contribution < -0.4 is 10.9 Å². The van der Waals surface area contributed by atoms with Crippen LogP contribution in [0.5, 0.6) is 0 Å². The van der Waals surface area contributed by atoms with Gasteiger partial charge < -0.3 is 9.88 Å². The zero-order valence-corrected chi connectivity index (χ0v) is 20.4. The molecule has 1 amide bonds. The first-order valence-corrected chi connectivity index (χ1v) is 12.1. The summed E-state index contributed by atoms with van der Waals surface area (Å²) in [6.07, 6.45) is 10.4. The third-order valence-electron chi connectivity index (χ3n) is 5.66. The molecule has 1 atom stereocenters. The second-order valence-corrected chi connectivity index (χ2v) is 9.63. The van der Waals surface area contributed by atoms with Gasteiger partial charge >= 0.3 is 0 Å². The molecule has 1 aliphatic heterocycles. The molecule has 0 radical (unpaired) electrons. The monoisotopic (exact) mass is 482 g/mol. The number of rotatable bonds is 8. The van der Waals surface area contributed by atoms with Crippen LogP contribution in [-0.2, 0) is 11.3 Å². The highest BCUT2D eigenvalue weighted by Crippen LogP contribution is 2.34. The van der Waals surface area contributed by atoms with Gasteiger partial charge in [0, 0.05) is 37.7 Å². The van der Waals surface area contributed by atoms with Crippen LogP contribution in [0.4, 0.5) is 5.82 Å². The summed E-state index contributed by atoms with van der Waals surface area (Å²) in [5.74, 6) is 0.299. The first kappa shape index (κ1) is 23.2. The molecule has 1 fully saturated rings. The number of hydrogen-bond donors (Lipinski definition) is 1. The lowest BCUT2D eigenvalue weighted by Crippen LogP contribution is -2.36. The molecule has 0 aromatic carbocycles. The van der Waals surface area contributed by atoms with Crippen molar-refractivity contribution in [1.29, 1.82) is 0 Å². The number of fused-ring (bicyclic) bond motifs is 1. The van der Waals surface area contributed by atoms with E-state index in [0.717, 1.165) is 24.9 Å². The quantitative estimate of drug-likeness (QED) is 0.298. The van der Waals surface area contributed by atoms with Gasteiger partial charge in [-0.3, -0.25) is 18.9 Å².